The maximum Gasteiger partial charge on any atom is 0.0157 e. The van der Waals surface area contributed by atoms with Crippen molar-refractivity contribution in [2.45, 2.75) is 19.8 Å². The number of nitrogens with zero attached hydrogens (tertiary/aromatic N) is 1. The van der Waals surface area contributed by atoms with E-state index in [1.165, 1.54) is 37.4 Å². The molecular weight excluding hydrogens is 210 g/mol. The van der Waals surface area contributed by atoms with E-state index in [0.29, 0.717) is 0 Å². The zero-order valence-electron chi connectivity index (χ0n) is 10.1. The van der Waals surface area contributed by atoms with Crippen LogP contribution < -0.4 is 0 Å². The van der Waals surface area contributed by atoms with Crippen molar-refractivity contribution in [3.8, 4) is 0 Å². The molecule has 0 radical (unpaired) electrons. The van der Waals surface area contributed by atoms with E-state index < -0.39 is 0 Å². The third-order valence-electron chi connectivity index (χ3n) is 2.71. The summed E-state index contributed by atoms with van der Waals surface area (Å²) in [5, 5.41) is 0. The summed E-state index contributed by atoms with van der Waals surface area (Å²) in [6.07, 6.45) is 10.0. The highest BCUT2D eigenvalue weighted by molar-refractivity contribution is 8.32. The summed E-state index contributed by atoms with van der Waals surface area (Å²) in [7, 11) is -0.283. The lowest BCUT2D eigenvalue weighted by atomic mass is 10.0. The minimum absolute atomic E-state index is 0.283. The highest BCUT2D eigenvalue weighted by Gasteiger charge is 2.16. The maximum atomic E-state index is 2.57. The molecule has 1 heterocycles. The minimum Gasteiger partial charge on any atom is -0.251 e. The molecule has 0 aromatic rings. The fourth-order valence-corrected chi connectivity index (χ4v) is 4.56. The lowest BCUT2D eigenvalue weighted by Gasteiger charge is -2.31. The van der Waals surface area contributed by atoms with Gasteiger partial charge in [-0.15, -0.1) is 0 Å². The Hall–Kier alpha value is 0.660. The van der Waals surface area contributed by atoms with E-state index in [-0.39, 0.29) is 10.0 Å². The number of rotatable bonds is 4. The molecule has 0 aromatic heterocycles. The number of hydrogen-bond acceptors (Lipinski definition) is 2. The SMILES string of the molecule is CC1CCN(SCCS(C)(C)C)CC1. The third-order valence-corrected chi connectivity index (χ3v) is 5.52. The summed E-state index contributed by atoms with van der Waals surface area (Å²) in [5.41, 5.74) is 0. The van der Waals surface area contributed by atoms with Gasteiger partial charge in [0.2, 0.25) is 0 Å². The molecule has 1 aliphatic heterocycles. The topological polar surface area (TPSA) is 3.24 Å². The van der Waals surface area contributed by atoms with E-state index in [2.05, 4.69) is 41.9 Å². The average molecular weight is 235 g/mol. The highest BCUT2D eigenvalue weighted by Crippen LogP contribution is 2.35. The second kappa shape index (κ2) is 5.66. The smallest absolute Gasteiger partial charge is 0.0157 e. The Morgan fingerprint density at radius 2 is 1.79 bits per heavy atom. The molecule has 0 N–H and O–H groups in total. The first kappa shape index (κ1) is 12.7. The molecule has 0 atom stereocenters. The summed E-state index contributed by atoms with van der Waals surface area (Å²) < 4.78 is 2.57. The van der Waals surface area contributed by atoms with Crippen molar-refractivity contribution in [3.05, 3.63) is 0 Å². The molecule has 1 rings (SSSR count). The molecule has 3 heteroatoms. The van der Waals surface area contributed by atoms with Gasteiger partial charge in [0.1, 0.15) is 0 Å². The van der Waals surface area contributed by atoms with Gasteiger partial charge in [0.15, 0.2) is 0 Å². The van der Waals surface area contributed by atoms with Crippen molar-refractivity contribution >= 4 is 22.0 Å². The van der Waals surface area contributed by atoms with Gasteiger partial charge in [-0.3, -0.25) is 4.31 Å². The van der Waals surface area contributed by atoms with Gasteiger partial charge >= 0.3 is 0 Å². The van der Waals surface area contributed by atoms with E-state index in [9.17, 15) is 0 Å². The quantitative estimate of drug-likeness (QED) is 0.689. The molecule has 0 aromatic carbocycles. The Morgan fingerprint density at radius 1 is 1.21 bits per heavy atom. The van der Waals surface area contributed by atoms with Crippen LogP contribution in [-0.2, 0) is 0 Å². The molecule has 0 unspecified atom stereocenters. The van der Waals surface area contributed by atoms with Crippen LogP contribution in [0.2, 0.25) is 0 Å². The van der Waals surface area contributed by atoms with Crippen molar-refractivity contribution in [2.75, 3.05) is 43.4 Å². The predicted molar refractivity (Wildman–Crippen MR) is 72.7 cm³/mol. The van der Waals surface area contributed by atoms with Gasteiger partial charge in [0.05, 0.1) is 0 Å². The van der Waals surface area contributed by atoms with E-state index in [1.807, 2.05) is 0 Å². The molecule has 14 heavy (non-hydrogen) atoms. The molecule has 1 saturated heterocycles. The van der Waals surface area contributed by atoms with Gasteiger partial charge < -0.3 is 0 Å². The van der Waals surface area contributed by atoms with Crippen LogP contribution in [0.1, 0.15) is 19.8 Å². The minimum atomic E-state index is -0.283. The van der Waals surface area contributed by atoms with Crippen LogP contribution in [0.3, 0.4) is 0 Å². The number of piperidine rings is 1. The largest absolute Gasteiger partial charge is 0.251 e. The number of hydrogen-bond donors (Lipinski definition) is 0. The van der Waals surface area contributed by atoms with Gasteiger partial charge in [0.25, 0.3) is 0 Å². The van der Waals surface area contributed by atoms with Gasteiger partial charge in [-0.25, -0.2) is 10.0 Å². The summed E-state index contributed by atoms with van der Waals surface area (Å²) in [4.78, 5) is 0. The Morgan fingerprint density at radius 3 is 2.29 bits per heavy atom. The summed E-state index contributed by atoms with van der Waals surface area (Å²) >= 11 is 2.08. The summed E-state index contributed by atoms with van der Waals surface area (Å²) in [5.74, 6) is 3.69. The maximum absolute atomic E-state index is 2.57. The van der Waals surface area contributed by atoms with Crippen LogP contribution in [0.15, 0.2) is 0 Å². The molecule has 0 aliphatic carbocycles. The van der Waals surface area contributed by atoms with Crippen molar-refractivity contribution < 1.29 is 0 Å². The molecular formula is C11H25NS2. The lowest BCUT2D eigenvalue weighted by Crippen LogP contribution is -2.28. The molecule has 86 valence electrons. The third kappa shape index (κ3) is 5.52. The first-order valence-electron chi connectivity index (χ1n) is 5.51. The Labute approximate surface area is 95.5 Å². The van der Waals surface area contributed by atoms with Gasteiger partial charge in [-0.05, 0) is 43.3 Å². The van der Waals surface area contributed by atoms with Crippen LogP contribution in [-0.4, -0.2) is 47.7 Å². The van der Waals surface area contributed by atoms with Gasteiger partial charge in [-0.1, -0.05) is 18.9 Å². The Balaban J connectivity index is 2.08. The zero-order valence-corrected chi connectivity index (χ0v) is 11.7. The van der Waals surface area contributed by atoms with Crippen LogP contribution in [0, 0.1) is 5.92 Å². The highest BCUT2D eigenvalue weighted by atomic mass is 32.3. The standard InChI is InChI=1S/C11H25NS2/c1-11-5-7-12(8-6-11)13-9-10-14(2,3)4/h11H,5-10H2,1-4H3. The molecule has 1 aliphatic rings. The molecule has 0 saturated carbocycles. The first-order valence-corrected chi connectivity index (χ1v) is 9.48. The van der Waals surface area contributed by atoms with Crippen LogP contribution in [0.4, 0.5) is 0 Å². The predicted octanol–water partition coefficient (Wildman–Crippen LogP) is 3.06. The fourth-order valence-electron chi connectivity index (χ4n) is 1.53. The van der Waals surface area contributed by atoms with Crippen molar-refractivity contribution in [1.82, 2.24) is 4.31 Å². The average Bonchev–Trinajstić information content (AvgIpc) is 2.06. The first-order chi connectivity index (χ1) is 6.47. The van der Waals surface area contributed by atoms with E-state index in [0.717, 1.165) is 5.92 Å². The molecule has 0 amide bonds. The normalized spacial score (nSPS) is 22.6. The van der Waals surface area contributed by atoms with Crippen molar-refractivity contribution in [1.29, 1.82) is 0 Å². The fraction of sp³-hybridized carbons (Fsp3) is 1.00. The Bertz CT molecular complexity index is 157. The van der Waals surface area contributed by atoms with Crippen molar-refractivity contribution in [2.24, 2.45) is 5.92 Å². The molecule has 0 spiro atoms. The summed E-state index contributed by atoms with van der Waals surface area (Å²) in [6.45, 7) is 5.00. The lowest BCUT2D eigenvalue weighted by molar-refractivity contribution is 0.308. The summed E-state index contributed by atoms with van der Waals surface area (Å²) in [6, 6.07) is 0. The van der Waals surface area contributed by atoms with Crippen LogP contribution in [0.5, 0.6) is 0 Å². The van der Waals surface area contributed by atoms with Crippen LogP contribution >= 0.6 is 22.0 Å². The monoisotopic (exact) mass is 235 g/mol. The van der Waals surface area contributed by atoms with E-state index in [4.69, 9.17) is 0 Å². The van der Waals surface area contributed by atoms with Gasteiger partial charge in [0, 0.05) is 18.8 Å². The van der Waals surface area contributed by atoms with E-state index in [1.54, 1.807) is 0 Å². The molecule has 1 nitrogen and oxygen atoms in total. The van der Waals surface area contributed by atoms with Crippen LogP contribution in [0.25, 0.3) is 0 Å². The zero-order chi connectivity index (χ0) is 10.6. The Kier molecular flexibility index (Phi) is 5.15. The molecule has 0 bridgehead atoms. The second-order valence-electron chi connectivity index (χ2n) is 5.24. The van der Waals surface area contributed by atoms with E-state index >= 15 is 0 Å². The second-order valence-corrected chi connectivity index (χ2v) is 11.0. The van der Waals surface area contributed by atoms with Gasteiger partial charge in [-0.2, -0.15) is 0 Å². The van der Waals surface area contributed by atoms with Crippen molar-refractivity contribution in [3.63, 3.8) is 0 Å². The molecule has 1 fully saturated rings.